The van der Waals surface area contributed by atoms with E-state index in [0.29, 0.717) is 5.82 Å². The number of hydrogen-bond acceptors (Lipinski definition) is 6. The minimum absolute atomic E-state index is 0.0486. The Kier molecular flexibility index (Phi) is 3.81. The maximum atomic E-state index is 4.73. The predicted octanol–water partition coefficient (Wildman–Crippen LogP) is 2.99. The normalized spacial score (nSPS) is 12.2. The smallest absolute Gasteiger partial charge is 0.163 e. The van der Waals surface area contributed by atoms with Crippen molar-refractivity contribution in [3.63, 3.8) is 0 Å². The molecule has 0 fully saturated rings. The number of nitrogens with one attached hydrogen (secondary N) is 1. The molecule has 0 saturated heterocycles. The zero-order chi connectivity index (χ0) is 17.2. The fourth-order valence-electron chi connectivity index (χ4n) is 2.76. The summed E-state index contributed by atoms with van der Waals surface area (Å²) < 4.78 is 1.89. The maximum absolute atomic E-state index is 4.73. The van der Waals surface area contributed by atoms with E-state index < -0.39 is 0 Å². The van der Waals surface area contributed by atoms with Gasteiger partial charge < -0.3 is 9.88 Å². The van der Waals surface area contributed by atoms with E-state index in [1.54, 1.807) is 18.7 Å². The van der Waals surface area contributed by atoms with E-state index in [0.717, 1.165) is 28.1 Å². The summed E-state index contributed by atoms with van der Waals surface area (Å²) in [5.74, 6) is 2.24. The van der Waals surface area contributed by atoms with Gasteiger partial charge in [0.15, 0.2) is 11.6 Å². The lowest BCUT2D eigenvalue weighted by molar-refractivity contribution is 0.717. The van der Waals surface area contributed by atoms with E-state index in [1.807, 2.05) is 54.9 Å². The van der Waals surface area contributed by atoms with Gasteiger partial charge in [-0.05, 0) is 31.2 Å². The van der Waals surface area contributed by atoms with Gasteiger partial charge in [0, 0.05) is 30.4 Å². The highest BCUT2D eigenvalue weighted by Crippen LogP contribution is 2.27. The average Bonchev–Trinajstić information content (AvgIpc) is 3.08. The molecule has 0 aliphatic carbocycles. The van der Waals surface area contributed by atoms with Crippen LogP contribution in [0.4, 0.5) is 5.82 Å². The topological polar surface area (TPSA) is 81.4 Å². The van der Waals surface area contributed by atoms with Gasteiger partial charge in [-0.3, -0.25) is 4.98 Å². The predicted molar refractivity (Wildman–Crippen MR) is 95.8 cm³/mol. The average molecular weight is 331 g/mol. The second-order valence-electron chi connectivity index (χ2n) is 5.82. The summed E-state index contributed by atoms with van der Waals surface area (Å²) in [5.41, 5.74) is 1.76. The Hall–Kier alpha value is -3.35. The lowest BCUT2D eigenvalue weighted by atomic mass is 10.2. The van der Waals surface area contributed by atoms with Crippen molar-refractivity contribution in [1.82, 2.24) is 29.7 Å². The molecular formula is C18H17N7. The van der Waals surface area contributed by atoms with Gasteiger partial charge in [-0.1, -0.05) is 12.1 Å². The summed E-state index contributed by atoms with van der Waals surface area (Å²) in [4.78, 5) is 13.6. The Morgan fingerprint density at radius 2 is 1.96 bits per heavy atom. The number of benzene rings is 1. The number of fused-ring (bicyclic) bond motifs is 1. The molecule has 1 atom stereocenters. The first-order valence-electron chi connectivity index (χ1n) is 8.00. The van der Waals surface area contributed by atoms with Crippen molar-refractivity contribution in [2.24, 2.45) is 7.05 Å². The molecule has 0 bridgehead atoms. The summed E-state index contributed by atoms with van der Waals surface area (Å²) >= 11 is 0. The zero-order valence-electron chi connectivity index (χ0n) is 14.0. The van der Waals surface area contributed by atoms with Gasteiger partial charge >= 0.3 is 0 Å². The molecule has 0 unspecified atom stereocenters. The van der Waals surface area contributed by atoms with Crippen molar-refractivity contribution in [3.8, 4) is 11.4 Å². The molecule has 7 heteroatoms. The monoisotopic (exact) mass is 331 g/mol. The number of nitrogens with zero attached hydrogens (tertiary/aromatic N) is 6. The third-order valence-electron chi connectivity index (χ3n) is 4.01. The van der Waals surface area contributed by atoms with Crippen LogP contribution in [0, 0.1) is 0 Å². The van der Waals surface area contributed by atoms with Crippen LogP contribution in [0.1, 0.15) is 18.8 Å². The number of para-hydroxylation sites is 1. The number of aromatic nitrogens is 6. The van der Waals surface area contributed by atoms with E-state index in [4.69, 9.17) is 4.98 Å². The molecule has 7 nitrogen and oxygen atoms in total. The molecule has 0 spiro atoms. The molecule has 0 saturated carbocycles. The van der Waals surface area contributed by atoms with Crippen LogP contribution < -0.4 is 5.32 Å². The number of hydrogen-bond donors (Lipinski definition) is 1. The number of anilines is 1. The van der Waals surface area contributed by atoms with Crippen LogP contribution in [-0.2, 0) is 7.05 Å². The molecule has 0 aliphatic rings. The molecule has 3 heterocycles. The van der Waals surface area contributed by atoms with Crippen LogP contribution in [-0.4, -0.2) is 29.7 Å². The molecule has 0 amide bonds. The summed E-state index contributed by atoms with van der Waals surface area (Å²) in [6, 6.07) is 11.7. The minimum atomic E-state index is -0.0486. The van der Waals surface area contributed by atoms with Gasteiger partial charge in [-0.15, -0.1) is 10.2 Å². The van der Waals surface area contributed by atoms with Crippen molar-refractivity contribution < 1.29 is 0 Å². The lowest BCUT2D eigenvalue weighted by Gasteiger charge is -2.16. The van der Waals surface area contributed by atoms with E-state index >= 15 is 0 Å². The van der Waals surface area contributed by atoms with E-state index in [9.17, 15) is 0 Å². The molecule has 4 rings (SSSR count). The summed E-state index contributed by atoms with van der Waals surface area (Å²) in [5, 5.41) is 12.5. The van der Waals surface area contributed by atoms with Crippen LogP contribution >= 0.6 is 0 Å². The van der Waals surface area contributed by atoms with Gasteiger partial charge in [0.05, 0.1) is 11.6 Å². The zero-order valence-corrected chi connectivity index (χ0v) is 14.0. The van der Waals surface area contributed by atoms with Crippen molar-refractivity contribution >= 4 is 16.7 Å². The van der Waals surface area contributed by atoms with Gasteiger partial charge in [0.2, 0.25) is 0 Å². The number of pyridine rings is 1. The van der Waals surface area contributed by atoms with Crippen molar-refractivity contribution in [3.05, 3.63) is 60.9 Å². The Balaban J connectivity index is 1.80. The molecule has 25 heavy (non-hydrogen) atoms. The van der Waals surface area contributed by atoms with Gasteiger partial charge in [-0.25, -0.2) is 9.97 Å². The van der Waals surface area contributed by atoms with Crippen LogP contribution in [0.5, 0.6) is 0 Å². The first kappa shape index (κ1) is 15.2. The molecule has 1 aromatic carbocycles. The standard InChI is InChI=1S/C18H17N7/c1-12(18-24-20-11-25(18)2)21-17-14-7-3-4-8-15(14)22-16(23-17)13-6-5-9-19-10-13/h3-12H,1-2H3,(H,21,22,23)/t12-/m0/s1. The van der Waals surface area contributed by atoms with Crippen LogP contribution in [0.15, 0.2) is 55.1 Å². The Morgan fingerprint density at radius 1 is 1.08 bits per heavy atom. The van der Waals surface area contributed by atoms with Gasteiger partial charge in [0.1, 0.15) is 12.1 Å². The van der Waals surface area contributed by atoms with Crippen molar-refractivity contribution in [2.75, 3.05) is 5.32 Å². The lowest BCUT2D eigenvalue weighted by Crippen LogP contribution is -2.13. The summed E-state index contributed by atoms with van der Waals surface area (Å²) in [6.07, 6.45) is 5.19. The Morgan fingerprint density at radius 3 is 2.72 bits per heavy atom. The van der Waals surface area contributed by atoms with E-state index in [-0.39, 0.29) is 6.04 Å². The van der Waals surface area contributed by atoms with Crippen LogP contribution in [0.3, 0.4) is 0 Å². The third kappa shape index (κ3) is 2.91. The third-order valence-corrected chi connectivity index (χ3v) is 4.01. The highest BCUT2D eigenvalue weighted by Gasteiger charge is 2.15. The molecule has 124 valence electrons. The van der Waals surface area contributed by atoms with Crippen LogP contribution in [0.2, 0.25) is 0 Å². The number of rotatable bonds is 4. The van der Waals surface area contributed by atoms with Crippen molar-refractivity contribution in [1.29, 1.82) is 0 Å². The van der Waals surface area contributed by atoms with E-state index in [1.165, 1.54) is 0 Å². The fraction of sp³-hybridized carbons (Fsp3) is 0.167. The molecule has 0 radical (unpaired) electrons. The van der Waals surface area contributed by atoms with Crippen molar-refractivity contribution in [2.45, 2.75) is 13.0 Å². The quantitative estimate of drug-likeness (QED) is 0.619. The molecule has 3 aromatic heterocycles. The second kappa shape index (κ2) is 6.27. The molecule has 1 N–H and O–H groups in total. The van der Waals surface area contributed by atoms with Gasteiger partial charge in [-0.2, -0.15) is 0 Å². The number of aryl methyl sites for hydroxylation is 1. The second-order valence-corrected chi connectivity index (χ2v) is 5.82. The maximum Gasteiger partial charge on any atom is 0.163 e. The van der Waals surface area contributed by atoms with Gasteiger partial charge in [0.25, 0.3) is 0 Å². The first-order chi connectivity index (χ1) is 12.2. The Bertz CT molecular complexity index is 1010. The Labute approximate surface area is 144 Å². The van der Waals surface area contributed by atoms with Crippen LogP contribution in [0.25, 0.3) is 22.3 Å². The minimum Gasteiger partial charge on any atom is -0.360 e. The highest BCUT2D eigenvalue weighted by atomic mass is 15.3. The summed E-state index contributed by atoms with van der Waals surface area (Å²) in [7, 11) is 1.92. The SMILES string of the molecule is C[C@H](Nc1nc(-c2cccnc2)nc2ccccc12)c1nncn1C. The van der Waals surface area contributed by atoms with E-state index in [2.05, 4.69) is 25.5 Å². The summed E-state index contributed by atoms with van der Waals surface area (Å²) in [6.45, 7) is 2.03. The fourth-order valence-corrected chi connectivity index (χ4v) is 2.76. The molecular weight excluding hydrogens is 314 g/mol. The molecule has 4 aromatic rings. The molecule has 0 aliphatic heterocycles. The largest absolute Gasteiger partial charge is 0.360 e. The first-order valence-corrected chi connectivity index (χ1v) is 8.00. The highest BCUT2D eigenvalue weighted by molar-refractivity contribution is 5.90.